The summed E-state index contributed by atoms with van der Waals surface area (Å²) in [6, 6.07) is 14.2. The lowest BCUT2D eigenvalue weighted by atomic mass is 9.96. The Morgan fingerprint density at radius 3 is 2.58 bits per heavy atom. The molecule has 38 heavy (non-hydrogen) atoms. The zero-order chi connectivity index (χ0) is 26.6. The van der Waals surface area contributed by atoms with E-state index in [0.29, 0.717) is 47.8 Å². The molecule has 0 unspecified atom stereocenters. The second kappa shape index (κ2) is 11.5. The molecule has 1 aliphatic carbocycles. The van der Waals surface area contributed by atoms with Crippen molar-refractivity contribution in [3.8, 4) is 34.4 Å². The molecule has 0 spiro atoms. The maximum Gasteiger partial charge on any atom is 0.236 e. The summed E-state index contributed by atoms with van der Waals surface area (Å²) in [7, 11) is 4.86. The fourth-order valence-electron chi connectivity index (χ4n) is 5.24. The fourth-order valence-corrected chi connectivity index (χ4v) is 5.46. The number of fused-ring (bicyclic) bond motifs is 1. The second-order valence-electron chi connectivity index (χ2n) is 9.47. The lowest BCUT2D eigenvalue weighted by Gasteiger charge is -2.18. The van der Waals surface area contributed by atoms with Crippen molar-refractivity contribution in [1.82, 2.24) is 15.6 Å². The monoisotopic (exact) mass is 537 g/mol. The molecule has 2 atom stereocenters. The Hall–Kier alpha value is -3.49. The average Bonchev–Trinajstić information content (AvgIpc) is 3.55. The molecule has 8 nitrogen and oxygen atoms in total. The van der Waals surface area contributed by atoms with Crippen molar-refractivity contribution in [3.63, 3.8) is 0 Å². The number of methoxy groups -OCH3 is 3. The first kappa shape index (κ1) is 26.1. The molecule has 1 amide bonds. The van der Waals surface area contributed by atoms with Crippen LogP contribution >= 0.6 is 11.6 Å². The highest BCUT2D eigenvalue weighted by Crippen LogP contribution is 2.43. The minimum absolute atomic E-state index is 0.102. The first-order valence-electron chi connectivity index (χ1n) is 12.7. The number of hydrogen-bond donors (Lipinski definition) is 2. The van der Waals surface area contributed by atoms with Gasteiger partial charge in [-0.2, -0.15) is 4.98 Å². The van der Waals surface area contributed by atoms with E-state index in [0.717, 1.165) is 41.5 Å². The maximum atomic E-state index is 11.4. The molecule has 0 radical (unpaired) electrons. The molecule has 2 aromatic carbocycles. The molecular weight excluding hydrogens is 506 g/mol. The van der Waals surface area contributed by atoms with E-state index in [1.807, 2.05) is 30.3 Å². The van der Waals surface area contributed by atoms with Gasteiger partial charge in [0, 0.05) is 31.1 Å². The van der Waals surface area contributed by atoms with Gasteiger partial charge in [0.1, 0.15) is 11.1 Å². The van der Waals surface area contributed by atoms with E-state index in [1.54, 1.807) is 21.3 Å². The van der Waals surface area contributed by atoms with Crippen molar-refractivity contribution >= 4 is 17.5 Å². The van der Waals surface area contributed by atoms with Crippen molar-refractivity contribution < 1.29 is 23.7 Å². The van der Waals surface area contributed by atoms with Gasteiger partial charge < -0.3 is 29.6 Å². The predicted octanol–water partition coefficient (Wildman–Crippen LogP) is 4.86. The van der Waals surface area contributed by atoms with Crippen LogP contribution in [0.25, 0.3) is 11.1 Å². The Bertz CT molecular complexity index is 1330. The Balaban J connectivity index is 1.32. The molecule has 1 aromatic heterocycles. The highest BCUT2D eigenvalue weighted by atomic mass is 35.5. The summed E-state index contributed by atoms with van der Waals surface area (Å²) in [5.74, 6) is 2.31. The topological polar surface area (TPSA) is 90.9 Å². The van der Waals surface area contributed by atoms with E-state index in [-0.39, 0.29) is 18.1 Å². The van der Waals surface area contributed by atoms with Crippen molar-refractivity contribution in [2.75, 3.05) is 27.9 Å². The van der Waals surface area contributed by atoms with E-state index in [1.165, 1.54) is 5.56 Å². The van der Waals surface area contributed by atoms with Gasteiger partial charge in [0.05, 0.1) is 21.3 Å². The number of carbonyl (C=O) groups excluding carboxylic acids is 1. The second-order valence-corrected chi connectivity index (χ2v) is 9.87. The molecule has 5 rings (SSSR count). The number of carbonyl (C=O) groups is 1. The van der Waals surface area contributed by atoms with Gasteiger partial charge >= 0.3 is 0 Å². The number of hydrogen-bond acceptors (Lipinski definition) is 7. The van der Waals surface area contributed by atoms with Gasteiger partial charge in [-0.05, 0) is 59.7 Å². The third kappa shape index (κ3) is 5.37. The lowest BCUT2D eigenvalue weighted by molar-refractivity contribution is -0.119. The third-order valence-corrected chi connectivity index (χ3v) is 7.40. The zero-order valence-corrected chi connectivity index (χ0v) is 22.6. The normalized spacial score (nSPS) is 18.2. The van der Waals surface area contributed by atoms with Gasteiger partial charge in [-0.15, -0.1) is 0 Å². The van der Waals surface area contributed by atoms with Crippen LogP contribution in [0.3, 0.4) is 0 Å². The molecule has 0 bridgehead atoms. The van der Waals surface area contributed by atoms with E-state index in [2.05, 4.69) is 27.8 Å². The molecule has 1 saturated heterocycles. The van der Waals surface area contributed by atoms with Gasteiger partial charge in [0.25, 0.3) is 0 Å². The van der Waals surface area contributed by atoms with Gasteiger partial charge in [-0.1, -0.05) is 35.9 Å². The highest BCUT2D eigenvalue weighted by molar-refractivity contribution is 6.31. The van der Waals surface area contributed by atoms with Gasteiger partial charge in [0.15, 0.2) is 11.5 Å². The molecule has 9 heteroatoms. The average molecular weight is 538 g/mol. The molecule has 3 aromatic rings. The number of pyridine rings is 1. The largest absolute Gasteiger partial charge is 0.493 e. The minimum atomic E-state index is -0.172. The zero-order valence-electron chi connectivity index (χ0n) is 21.8. The molecule has 1 aliphatic heterocycles. The summed E-state index contributed by atoms with van der Waals surface area (Å²) in [5, 5.41) is 6.75. The van der Waals surface area contributed by atoms with Crippen LogP contribution in [0.1, 0.15) is 42.1 Å². The van der Waals surface area contributed by atoms with Crippen LogP contribution in [0.5, 0.6) is 23.3 Å². The Morgan fingerprint density at radius 1 is 1.00 bits per heavy atom. The van der Waals surface area contributed by atoms with Crippen LogP contribution in [0.4, 0.5) is 0 Å². The standard InChI is InChI=1S/C29H32ClN3O5/c1-35-25-10-7-17(14-26(25)36-2)20-5-4-6-22-21(20)9-11-24(22)38-29-23(30)13-18(28(33-29)37-3)15-31-16-19-8-12-27(34)32-19/h4-7,10,13-14,19,24,31H,8-9,11-12,15-16H2,1-3H3,(H,32,34)/t19-,24-/m0/s1. The molecule has 2 aliphatic rings. The SMILES string of the molecule is COc1ccc(-c2cccc3c2CC[C@@H]3Oc2nc(OC)c(CNC[C@@H]3CCC(=O)N3)cc2Cl)cc1OC. The summed E-state index contributed by atoms with van der Waals surface area (Å²) in [5.41, 5.74) is 5.40. The van der Waals surface area contributed by atoms with Crippen molar-refractivity contribution in [3.05, 3.63) is 64.2 Å². The summed E-state index contributed by atoms with van der Waals surface area (Å²) >= 11 is 6.62. The summed E-state index contributed by atoms with van der Waals surface area (Å²) in [4.78, 5) is 16.0. The van der Waals surface area contributed by atoms with Gasteiger partial charge in [0.2, 0.25) is 17.7 Å². The molecule has 0 saturated carbocycles. The van der Waals surface area contributed by atoms with Gasteiger partial charge in [-0.25, -0.2) is 0 Å². The lowest BCUT2D eigenvalue weighted by Crippen LogP contribution is -2.35. The van der Waals surface area contributed by atoms with Crippen LogP contribution in [0.15, 0.2) is 42.5 Å². The molecule has 2 heterocycles. The molecule has 2 N–H and O–H groups in total. The van der Waals surface area contributed by atoms with Crippen LogP contribution in [-0.4, -0.2) is 44.8 Å². The number of benzene rings is 2. The number of amides is 1. The molecular formula is C29H32ClN3O5. The molecule has 200 valence electrons. The number of ether oxygens (including phenoxy) is 4. The quantitative estimate of drug-likeness (QED) is 0.381. The minimum Gasteiger partial charge on any atom is -0.493 e. The Morgan fingerprint density at radius 2 is 1.84 bits per heavy atom. The van der Waals surface area contributed by atoms with Crippen molar-refractivity contribution in [1.29, 1.82) is 0 Å². The number of aromatic nitrogens is 1. The number of nitrogens with zero attached hydrogens (tertiary/aromatic N) is 1. The number of halogens is 1. The van der Waals surface area contributed by atoms with Gasteiger partial charge in [-0.3, -0.25) is 4.79 Å². The van der Waals surface area contributed by atoms with E-state index in [9.17, 15) is 4.79 Å². The van der Waals surface area contributed by atoms with Crippen LogP contribution in [0, 0.1) is 0 Å². The smallest absolute Gasteiger partial charge is 0.236 e. The highest BCUT2D eigenvalue weighted by Gasteiger charge is 2.28. The third-order valence-electron chi connectivity index (χ3n) is 7.13. The van der Waals surface area contributed by atoms with Crippen molar-refractivity contribution in [2.24, 2.45) is 0 Å². The van der Waals surface area contributed by atoms with E-state index < -0.39 is 0 Å². The fraction of sp³-hybridized carbons (Fsp3) is 0.379. The first-order chi connectivity index (χ1) is 18.5. The number of rotatable bonds is 10. The van der Waals surface area contributed by atoms with Crippen molar-refractivity contribution in [2.45, 2.75) is 44.4 Å². The Kier molecular flexibility index (Phi) is 7.90. The van der Waals surface area contributed by atoms with E-state index in [4.69, 9.17) is 30.5 Å². The predicted molar refractivity (Wildman–Crippen MR) is 145 cm³/mol. The molecule has 1 fully saturated rings. The maximum absolute atomic E-state index is 11.4. The number of nitrogens with one attached hydrogen (secondary N) is 2. The summed E-state index contributed by atoms with van der Waals surface area (Å²) < 4.78 is 22.8. The summed E-state index contributed by atoms with van der Waals surface area (Å²) in [6.07, 6.45) is 2.94. The summed E-state index contributed by atoms with van der Waals surface area (Å²) in [6.45, 7) is 1.19. The van der Waals surface area contributed by atoms with Crippen LogP contribution in [0.2, 0.25) is 5.02 Å². The van der Waals surface area contributed by atoms with Crippen LogP contribution in [-0.2, 0) is 17.8 Å². The Labute approximate surface area is 227 Å². The van der Waals surface area contributed by atoms with Crippen LogP contribution < -0.4 is 29.6 Å². The van der Waals surface area contributed by atoms with E-state index >= 15 is 0 Å². The first-order valence-corrected chi connectivity index (χ1v) is 13.1.